The molecule has 0 radical (unpaired) electrons. The molecule has 1 aromatic carbocycles. The van der Waals surface area contributed by atoms with E-state index in [1.165, 1.54) is 6.07 Å². The highest BCUT2D eigenvalue weighted by molar-refractivity contribution is 9.10. The second-order valence-corrected chi connectivity index (χ2v) is 6.40. The van der Waals surface area contributed by atoms with Crippen molar-refractivity contribution in [3.05, 3.63) is 52.4 Å². The molecule has 3 rings (SSSR count). The maximum Gasteiger partial charge on any atom is 0.143 e. The third-order valence-corrected chi connectivity index (χ3v) is 4.45. The third kappa shape index (κ3) is 4.00. The van der Waals surface area contributed by atoms with Crippen LogP contribution in [0.1, 0.15) is 18.5 Å². The predicted molar refractivity (Wildman–Crippen MR) is 93.4 cm³/mol. The number of aromatic nitrogens is 1. The largest absolute Gasteiger partial charge is 0.378 e. The Balaban J connectivity index is 1.72. The first-order valence-electron chi connectivity index (χ1n) is 7.64. The molecule has 1 atom stereocenters. The highest BCUT2D eigenvalue weighted by atomic mass is 79.9. The van der Waals surface area contributed by atoms with Crippen molar-refractivity contribution >= 4 is 27.4 Å². The van der Waals surface area contributed by atoms with Crippen LogP contribution in [-0.2, 0) is 4.74 Å². The van der Waals surface area contributed by atoms with E-state index in [0.717, 1.165) is 47.8 Å². The fourth-order valence-corrected chi connectivity index (χ4v) is 3.23. The van der Waals surface area contributed by atoms with Gasteiger partial charge in [-0.1, -0.05) is 12.1 Å². The summed E-state index contributed by atoms with van der Waals surface area (Å²) in [5.74, 6) is 0.704. The summed E-state index contributed by atoms with van der Waals surface area (Å²) in [5, 5.41) is 3.35. The van der Waals surface area contributed by atoms with Crippen molar-refractivity contribution in [1.82, 2.24) is 4.98 Å². The van der Waals surface area contributed by atoms with Gasteiger partial charge < -0.3 is 15.0 Å². The van der Waals surface area contributed by atoms with Crippen LogP contribution in [0.25, 0.3) is 0 Å². The third-order valence-electron chi connectivity index (χ3n) is 3.86. The minimum Gasteiger partial charge on any atom is -0.378 e. The molecule has 2 aromatic rings. The summed E-state index contributed by atoms with van der Waals surface area (Å²) in [6, 6.07) is 8.62. The number of rotatable bonds is 4. The summed E-state index contributed by atoms with van der Waals surface area (Å²) in [6.07, 6.45) is 1.81. The summed E-state index contributed by atoms with van der Waals surface area (Å²) in [7, 11) is 0. The highest BCUT2D eigenvalue weighted by Crippen LogP contribution is 2.29. The van der Waals surface area contributed by atoms with E-state index in [4.69, 9.17) is 4.74 Å². The Morgan fingerprint density at radius 2 is 2.09 bits per heavy atom. The van der Waals surface area contributed by atoms with Crippen molar-refractivity contribution in [1.29, 1.82) is 0 Å². The van der Waals surface area contributed by atoms with E-state index in [9.17, 15) is 4.39 Å². The van der Waals surface area contributed by atoms with Gasteiger partial charge in [0.05, 0.1) is 29.6 Å². The molecule has 1 fully saturated rings. The lowest BCUT2D eigenvalue weighted by molar-refractivity contribution is 0.122. The quantitative estimate of drug-likeness (QED) is 0.871. The van der Waals surface area contributed by atoms with Gasteiger partial charge in [0.15, 0.2) is 0 Å². The number of nitrogens with zero attached hydrogens (tertiary/aromatic N) is 2. The van der Waals surface area contributed by atoms with Crippen LogP contribution in [0, 0.1) is 5.82 Å². The molecule has 1 N–H and O–H groups in total. The Bertz CT molecular complexity index is 677. The second kappa shape index (κ2) is 7.27. The Hall–Kier alpha value is -1.66. The number of anilines is 2. The molecule has 1 saturated heterocycles. The van der Waals surface area contributed by atoms with Gasteiger partial charge in [-0.2, -0.15) is 0 Å². The van der Waals surface area contributed by atoms with Gasteiger partial charge >= 0.3 is 0 Å². The molecular formula is C17H19BrFN3O. The summed E-state index contributed by atoms with van der Waals surface area (Å²) in [6.45, 7) is 5.14. The second-order valence-electron chi connectivity index (χ2n) is 5.55. The van der Waals surface area contributed by atoms with Crippen molar-refractivity contribution in [3.8, 4) is 0 Å². The lowest BCUT2D eigenvalue weighted by Crippen LogP contribution is -2.37. The number of pyridine rings is 1. The van der Waals surface area contributed by atoms with E-state index >= 15 is 0 Å². The summed E-state index contributed by atoms with van der Waals surface area (Å²) < 4.78 is 19.6. The van der Waals surface area contributed by atoms with Crippen molar-refractivity contribution in [2.24, 2.45) is 0 Å². The minimum absolute atomic E-state index is 0.00589. The van der Waals surface area contributed by atoms with Gasteiger partial charge in [0, 0.05) is 19.1 Å². The first-order chi connectivity index (χ1) is 11.1. The average molecular weight is 380 g/mol. The van der Waals surface area contributed by atoms with Crippen molar-refractivity contribution in [2.75, 3.05) is 36.5 Å². The molecule has 6 heteroatoms. The molecule has 0 bridgehead atoms. The zero-order chi connectivity index (χ0) is 16.2. The number of hydrogen-bond donors (Lipinski definition) is 1. The Labute approximate surface area is 143 Å². The Morgan fingerprint density at radius 3 is 2.78 bits per heavy atom. The van der Waals surface area contributed by atoms with Crippen molar-refractivity contribution in [3.63, 3.8) is 0 Å². The molecular weight excluding hydrogens is 361 g/mol. The van der Waals surface area contributed by atoms with E-state index in [2.05, 4.69) is 31.1 Å². The number of nitrogens with one attached hydrogen (secondary N) is 1. The fraction of sp³-hybridized carbons (Fsp3) is 0.353. The normalized spacial score (nSPS) is 16.2. The molecule has 0 saturated carbocycles. The number of hydrogen-bond acceptors (Lipinski definition) is 4. The maximum absolute atomic E-state index is 13.3. The van der Waals surface area contributed by atoms with Crippen LogP contribution in [0.5, 0.6) is 0 Å². The van der Waals surface area contributed by atoms with Crippen LogP contribution >= 0.6 is 15.9 Å². The lowest BCUT2D eigenvalue weighted by Gasteiger charge is -2.28. The van der Waals surface area contributed by atoms with Crippen molar-refractivity contribution < 1.29 is 9.13 Å². The van der Waals surface area contributed by atoms with E-state index in [0.29, 0.717) is 0 Å². The van der Waals surface area contributed by atoms with E-state index in [-0.39, 0.29) is 11.9 Å². The van der Waals surface area contributed by atoms with Gasteiger partial charge in [-0.3, -0.25) is 0 Å². The molecule has 4 nitrogen and oxygen atoms in total. The van der Waals surface area contributed by atoms with Crippen LogP contribution in [-0.4, -0.2) is 31.3 Å². The number of halogens is 2. The monoisotopic (exact) mass is 379 g/mol. The maximum atomic E-state index is 13.3. The topological polar surface area (TPSA) is 37.4 Å². The molecule has 0 amide bonds. The molecule has 1 aliphatic heterocycles. The van der Waals surface area contributed by atoms with Crippen LogP contribution in [0.3, 0.4) is 0 Å². The van der Waals surface area contributed by atoms with Crippen LogP contribution in [0.4, 0.5) is 15.9 Å². The molecule has 0 aliphatic carbocycles. The zero-order valence-corrected chi connectivity index (χ0v) is 14.5. The molecule has 0 unspecified atom stereocenters. The van der Waals surface area contributed by atoms with E-state index in [1.807, 2.05) is 25.3 Å². The molecule has 1 aromatic heterocycles. The van der Waals surface area contributed by atoms with Crippen molar-refractivity contribution in [2.45, 2.75) is 13.0 Å². The Morgan fingerprint density at radius 1 is 1.30 bits per heavy atom. The average Bonchev–Trinajstić information content (AvgIpc) is 2.56. The fourth-order valence-electron chi connectivity index (χ4n) is 2.63. The van der Waals surface area contributed by atoms with Crippen LogP contribution in [0.15, 0.2) is 41.0 Å². The minimum atomic E-state index is -0.224. The summed E-state index contributed by atoms with van der Waals surface area (Å²) in [5.41, 5.74) is 1.80. The van der Waals surface area contributed by atoms with E-state index < -0.39 is 0 Å². The van der Waals surface area contributed by atoms with Crippen LogP contribution in [0.2, 0.25) is 0 Å². The van der Waals surface area contributed by atoms with Gasteiger partial charge in [-0.05, 0) is 46.6 Å². The molecule has 2 heterocycles. The molecule has 0 spiro atoms. The number of ether oxygens (including phenoxy) is 1. The molecule has 23 heavy (non-hydrogen) atoms. The highest BCUT2D eigenvalue weighted by Gasteiger charge is 2.16. The smallest absolute Gasteiger partial charge is 0.143 e. The van der Waals surface area contributed by atoms with Gasteiger partial charge in [0.25, 0.3) is 0 Å². The van der Waals surface area contributed by atoms with Crippen LogP contribution < -0.4 is 10.2 Å². The SMILES string of the molecule is C[C@@H](Nc1cnc(N2CCOCC2)c(Br)c1)c1cccc(F)c1. The van der Waals surface area contributed by atoms with E-state index in [1.54, 1.807) is 12.1 Å². The Kier molecular flexibility index (Phi) is 5.13. The van der Waals surface area contributed by atoms with Gasteiger partial charge in [-0.25, -0.2) is 9.37 Å². The predicted octanol–water partition coefficient (Wildman–Crippen LogP) is 3.99. The summed E-state index contributed by atoms with van der Waals surface area (Å²) in [4.78, 5) is 6.75. The number of benzene rings is 1. The molecule has 1 aliphatic rings. The standard InChI is InChI=1S/C17H19BrFN3O/c1-12(13-3-2-4-14(19)9-13)21-15-10-16(18)17(20-11-15)22-5-7-23-8-6-22/h2-4,9-12,21H,5-8H2,1H3/t12-/m1/s1. The lowest BCUT2D eigenvalue weighted by atomic mass is 10.1. The first kappa shape index (κ1) is 16.2. The summed E-state index contributed by atoms with van der Waals surface area (Å²) >= 11 is 3.60. The molecule has 122 valence electrons. The van der Waals surface area contributed by atoms with Gasteiger partial charge in [0.1, 0.15) is 11.6 Å². The zero-order valence-electron chi connectivity index (χ0n) is 12.9. The first-order valence-corrected chi connectivity index (χ1v) is 8.43. The van der Waals surface area contributed by atoms with Gasteiger partial charge in [-0.15, -0.1) is 0 Å². The number of morpholine rings is 1. The van der Waals surface area contributed by atoms with Gasteiger partial charge in [0.2, 0.25) is 0 Å².